The van der Waals surface area contributed by atoms with Crippen LogP contribution in [-0.4, -0.2) is 12.5 Å². The van der Waals surface area contributed by atoms with Crippen LogP contribution in [0.25, 0.3) is 6.08 Å². The Morgan fingerprint density at radius 1 is 1.20 bits per heavy atom. The number of amides is 1. The lowest BCUT2D eigenvalue weighted by Crippen LogP contribution is -2.14. The van der Waals surface area contributed by atoms with Crippen LogP contribution in [0.2, 0.25) is 0 Å². The van der Waals surface area contributed by atoms with Crippen LogP contribution < -0.4 is 10.1 Å². The van der Waals surface area contributed by atoms with Crippen LogP contribution in [0, 0.1) is 11.3 Å². The van der Waals surface area contributed by atoms with Crippen LogP contribution in [-0.2, 0) is 4.79 Å². The van der Waals surface area contributed by atoms with E-state index in [1.807, 2.05) is 43.3 Å². The fraction of sp³-hybridized carbons (Fsp3) is 0.238. The molecule has 2 aromatic carbocycles. The van der Waals surface area contributed by atoms with Crippen molar-refractivity contribution in [2.45, 2.75) is 26.7 Å². The molecule has 4 heteroatoms. The predicted octanol–water partition coefficient (Wildman–Crippen LogP) is 4.75. The van der Waals surface area contributed by atoms with Crippen molar-refractivity contribution >= 4 is 17.7 Å². The molecule has 0 radical (unpaired) electrons. The second-order valence-electron chi connectivity index (χ2n) is 5.87. The Labute approximate surface area is 148 Å². The average molecular weight is 334 g/mol. The number of hydrogen-bond acceptors (Lipinski definition) is 3. The van der Waals surface area contributed by atoms with Gasteiger partial charge in [0, 0.05) is 0 Å². The van der Waals surface area contributed by atoms with E-state index in [0.29, 0.717) is 24.0 Å². The summed E-state index contributed by atoms with van der Waals surface area (Å²) in [5.74, 6) is 0.561. The number of carbonyl (C=O) groups excluding carboxylic acids is 1. The van der Waals surface area contributed by atoms with Crippen molar-refractivity contribution in [3.8, 4) is 11.8 Å². The number of benzene rings is 2. The first-order valence-electron chi connectivity index (χ1n) is 8.30. The van der Waals surface area contributed by atoms with E-state index in [1.54, 1.807) is 24.3 Å². The number of nitriles is 1. The monoisotopic (exact) mass is 334 g/mol. The van der Waals surface area contributed by atoms with Gasteiger partial charge in [0.25, 0.3) is 5.91 Å². The number of hydrogen-bond donors (Lipinski definition) is 1. The van der Waals surface area contributed by atoms with Gasteiger partial charge >= 0.3 is 0 Å². The zero-order chi connectivity index (χ0) is 18.2. The van der Waals surface area contributed by atoms with Crippen LogP contribution in [0.15, 0.2) is 54.1 Å². The third-order valence-electron chi connectivity index (χ3n) is 3.71. The summed E-state index contributed by atoms with van der Waals surface area (Å²) in [6.07, 6.45) is 1.59. The molecule has 0 aliphatic heterocycles. The van der Waals surface area contributed by atoms with Crippen LogP contribution in [0.4, 0.5) is 5.69 Å². The summed E-state index contributed by atoms with van der Waals surface area (Å²) in [6.45, 7) is 6.61. The van der Waals surface area contributed by atoms with Crippen LogP contribution in [0.1, 0.15) is 37.8 Å². The Morgan fingerprint density at radius 3 is 2.48 bits per heavy atom. The highest BCUT2D eigenvalue weighted by atomic mass is 16.5. The van der Waals surface area contributed by atoms with Crippen LogP contribution in [0.5, 0.6) is 5.75 Å². The molecule has 0 aromatic heterocycles. The molecule has 1 N–H and O–H groups in total. The molecule has 128 valence electrons. The first kappa shape index (κ1) is 18.3. The summed E-state index contributed by atoms with van der Waals surface area (Å²) in [7, 11) is 0. The molecule has 0 saturated heterocycles. The molecule has 4 nitrogen and oxygen atoms in total. The highest BCUT2D eigenvalue weighted by Crippen LogP contribution is 2.24. The van der Waals surface area contributed by atoms with Crippen molar-refractivity contribution in [2.75, 3.05) is 11.9 Å². The molecular weight excluding hydrogens is 312 g/mol. The van der Waals surface area contributed by atoms with Gasteiger partial charge in [0.1, 0.15) is 17.4 Å². The first-order valence-corrected chi connectivity index (χ1v) is 8.30. The number of ether oxygens (including phenoxy) is 1. The van der Waals surface area contributed by atoms with E-state index < -0.39 is 5.91 Å². The van der Waals surface area contributed by atoms with Gasteiger partial charge in [-0.2, -0.15) is 5.26 Å². The van der Waals surface area contributed by atoms with Gasteiger partial charge in [-0.1, -0.05) is 50.2 Å². The van der Waals surface area contributed by atoms with Gasteiger partial charge in [0.15, 0.2) is 0 Å². The lowest BCUT2D eigenvalue weighted by Gasteiger charge is -2.11. The van der Waals surface area contributed by atoms with E-state index in [2.05, 4.69) is 19.2 Å². The number of para-hydroxylation sites is 2. The van der Waals surface area contributed by atoms with Gasteiger partial charge in [-0.3, -0.25) is 4.79 Å². The third kappa shape index (κ3) is 4.95. The Morgan fingerprint density at radius 2 is 1.88 bits per heavy atom. The molecule has 2 aromatic rings. The maximum Gasteiger partial charge on any atom is 0.266 e. The Balaban J connectivity index is 2.20. The molecule has 0 fully saturated rings. The molecule has 0 aliphatic carbocycles. The second-order valence-corrected chi connectivity index (χ2v) is 5.87. The minimum absolute atomic E-state index is 0.0450. The fourth-order valence-electron chi connectivity index (χ4n) is 2.33. The van der Waals surface area contributed by atoms with Crippen molar-refractivity contribution < 1.29 is 9.53 Å². The lowest BCUT2D eigenvalue weighted by molar-refractivity contribution is -0.112. The van der Waals surface area contributed by atoms with Crippen LogP contribution >= 0.6 is 0 Å². The summed E-state index contributed by atoms with van der Waals surface area (Å²) in [6, 6.07) is 17.0. The standard InChI is InChI=1S/C21H22N2O2/c1-4-25-20-8-6-5-7-19(20)23-21(24)18(14-22)13-16-9-11-17(12-10-16)15(2)3/h5-13,15H,4H2,1-3H3,(H,23,24). The smallest absolute Gasteiger partial charge is 0.266 e. The Kier molecular flexibility index (Phi) is 6.36. The van der Waals surface area contributed by atoms with Crippen LogP contribution in [0.3, 0.4) is 0 Å². The molecule has 0 atom stereocenters. The molecule has 1 amide bonds. The Bertz CT molecular complexity index is 799. The van der Waals surface area contributed by atoms with Crippen molar-refractivity contribution in [2.24, 2.45) is 0 Å². The minimum atomic E-state index is -0.456. The van der Waals surface area contributed by atoms with E-state index >= 15 is 0 Å². The van der Waals surface area contributed by atoms with Crippen molar-refractivity contribution in [3.05, 3.63) is 65.2 Å². The van der Waals surface area contributed by atoms with Gasteiger partial charge in [-0.05, 0) is 42.2 Å². The molecule has 0 heterocycles. The molecule has 0 unspecified atom stereocenters. The van der Waals surface area contributed by atoms with Gasteiger partial charge in [0.2, 0.25) is 0 Å². The number of nitrogens with one attached hydrogen (secondary N) is 1. The topological polar surface area (TPSA) is 62.1 Å². The number of carbonyl (C=O) groups is 1. The fourth-order valence-corrected chi connectivity index (χ4v) is 2.33. The molecule has 25 heavy (non-hydrogen) atoms. The van der Waals surface area contributed by atoms with E-state index in [9.17, 15) is 10.1 Å². The third-order valence-corrected chi connectivity index (χ3v) is 3.71. The highest BCUT2D eigenvalue weighted by molar-refractivity contribution is 6.10. The maximum atomic E-state index is 12.4. The molecule has 0 saturated carbocycles. The Hall–Kier alpha value is -3.06. The van der Waals surface area contributed by atoms with Gasteiger partial charge in [-0.25, -0.2) is 0 Å². The van der Waals surface area contributed by atoms with E-state index in [0.717, 1.165) is 5.56 Å². The van der Waals surface area contributed by atoms with E-state index in [-0.39, 0.29) is 5.57 Å². The predicted molar refractivity (Wildman–Crippen MR) is 100 cm³/mol. The molecule has 0 bridgehead atoms. The van der Waals surface area contributed by atoms with Gasteiger partial charge in [0.05, 0.1) is 12.3 Å². The largest absolute Gasteiger partial charge is 0.492 e. The zero-order valence-corrected chi connectivity index (χ0v) is 14.7. The highest BCUT2D eigenvalue weighted by Gasteiger charge is 2.12. The van der Waals surface area contributed by atoms with Gasteiger partial charge < -0.3 is 10.1 Å². The molecule has 0 spiro atoms. The van der Waals surface area contributed by atoms with Crippen molar-refractivity contribution in [3.63, 3.8) is 0 Å². The van der Waals surface area contributed by atoms with E-state index in [1.165, 1.54) is 5.56 Å². The van der Waals surface area contributed by atoms with E-state index in [4.69, 9.17) is 4.74 Å². The summed E-state index contributed by atoms with van der Waals surface area (Å²) >= 11 is 0. The number of rotatable bonds is 6. The maximum absolute atomic E-state index is 12.4. The SMILES string of the molecule is CCOc1ccccc1NC(=O)C(C#N)=Cc1ccc(C(C)C)cc1. The normalized spacial score (nSPS) is 11.1. The molecular formula is C21H22N2O2. The second kappa shape index (κ2) is 8.70. The summed E-state index contributed by atoms with van der Waals surface area (Å²) in [5.41, 5.74) is 2.62. The average Bonchev–Trinajstić information content (AvgIpc) is 2.61. The van der Waals surface area contributed by atoms with Crippen molar-refractivity contribution in [1.82, 2.24) is 0 Å². The van der Waals surface area contributed by atoms with Crippen molar-refractivity contribution in [1.29, 1.82) is 5.26 Å². The summed E-state index contributed by atoms with van der Waals surface area (Å²) in [4.78, 5) is 12.4. The molecule has 2 rings (SSSR count). The van der Waals surface area contributed by atoms with Gasteiger partial charge in [-0.15, -0.1) is 0 Å². The lowest BCUT2D eigenvalue weighted by atomic mass is 10.0. The minimum Gasteiger partial charge on any atom is -0.492 e. The number of anilines is 1. The summed E-state index contributed by atoms with van der Waals surface area (Å²) < 4.78 is 5.49. The summed E-state index contributed by atoms with van der Waals surface area (Å²) in [5, 5.41) is 12.1. The molecule has 0 aliphatic rings. The quantitative estimate of drug-likeness (QED) is 0.612. The first-order chi connectivity index (χ1) is 12.0. The zero-order valence-electron chi connectivity index (χ0n) is 14.7. The number of nitrogens with zero attached hydrogens (tertiary/aromatic N) is 1.